The topological polar surface area (TPSA) is 91.8 Å². The van der Waals surface area contributed by atoms with Crippen molar-refractivity contribution in [3.8, 4) is 0 Å². The summed E-state index contributed by atoms with van der Waals surface area (Å²) in [6.07, 6.45) is -14.5. The quantitative estimate of drug-likeness (QED) is 0.308. The van der Waals surface area contributed by atoms with E-state index in [2.05, 4.69) is 0 Å². The van der Waals surface area contributed by atoms with Crippen LogP contribution in [0.15, 0.2) is 53.4 Å². The number of carboxylic acids is 1. The molecule has 1 atom stereocenters. The van der Waals surface area contributed by atoms with E-state index in [9.17, 15) is 57.5 Å². The van der Waals surface area contributed by atoms with Crippen molar-refractivity contribution < 1.29 is 62.6 Å². The molecule has 4 rings (SSSR count). The van der Waals surface area contributed by atoms with Gasteiger partial charge in [0, 0.05) is 24.6 Å². The summed E-state index contributed by atoms with van der Waals surface area (Å²) in [6, 6.07) is 5.02. The second-order valence-corrected chi connectivity index (χ2v) is 13.0. The van der Waals surface area contributed by atoms with E-state index in [0.29, 0.717) is 12.1 Å². The number of hydrogen-bond donors (Lipinski definition) is 1. The molecule has 0 unspecified atom stereocenters. The third-order valence-electron chi connectivity index (χ3n) is 8.28. The number of carbonyl (C=O) groups excluding carboxylic acids is 1. The van der Waals surface area contributed by atoms with Crippen molar-refractivity contribution in [2.75, 3.05) is 13.1 Å². The van der Waals surface area contributed by atoms with E-state index in [1.165, 1.54) is 0 Å². The second-order valence-electron chi connectivity index (χ2n) is 10.7. The van der Waals surface area contributed by atoms with Gasteiger partial charge >= 0.3 is 24.0 Å². The lowest BCUT2D eigenvalue weighted by atomic mass is 9.79. The Morgan fingerprint density at radius 1 is 0.837 bits per heavy atom. The normalized spacial score (nSPS) is 25.5. The number of carbonyl (C=O) groups is 2. The van der Waals surface area contributed by atoms with E-state index in [-0.39, 0.29) is 37.1 Å². The minimum absolute atomic E-state index is 0.169. The maximum atomic E-state index is 14.6. The maximum absolute atomic E-state index is 14.6. The predicted octanol–water partition coefficient (Wildman–Crippen LogP) is 6.00. The lowest BCUT2D eigenvalue weighted by Crippen LogP contribution is -2.50. The fraction of sp³-hybridized carbons (Fsp3) is 0.481. The first-order chi connectivity index (χ1) is 19.7. The lowest BCUT2D eigenvalue weighted by Gasteiger charge is -2.34. The second kappa shape index (κ2) is 10.7. The van der Waals surface area contributed by atoms with Crippen molar-refractivity contribution in [3.63, 3.8) is 0 Å². The molecule has 1 aliphatic carbocycles. The number of likely N-dealkylation sites (tertiary alicyclic amines) is 1. The number of rotatable bonds is 6. The Balaban J connectivity index is 1.74. The zero-order chi connectivity index (χ0) is 32.2. The molecule has 1 saturated heterocycles. The molecule has 2 aromatic carbocycles. The Labute approximate surface area is 239 Å². The van der Waals surface area contributed by atoms with Crippen molar-refractivity contribution >= 4 is 21.7 Å². The molecule has 1 N–H and O–H groups in total. The third-order valence-corrected chi connectivity index (χ3v) is 10.8. The molecule has 16 heteroatoms. The van der Waals surface area contributed by atoms with Gasteiger partial charge in [0.15, 0.2) is 9.84 Å². The predicted molar refractivity (Wildman–Crippen MR) is 131 cm³/mol. The minimum Gasteiger partial charge on any atom is -0.479 e. The highest BCUT2D eigenvalue weighted by Gasteiger charge is 2.73. The molecule has 0 spiro atoms. The van der Waals surface area contributed by atoms with Crippen molar-refractivity contribution in [3.05, 3.63) is 65.5 Å². The van der Waals surface area contributed by atoms with Crippen LogP contribution in [0.4, 0.5) is 39.5 Å². The number of carboxylic acid groups (broad SMARTS) is 1. The molecule has 1 saturated carbocycles. The molecule has 6 nitrogen and oxygen atoms in total. The summed E-state index contributed by atoms with van der Waals surface area (Å²) in [5.74, 6) is -4.00. The number of benzene rings is 2. The highest BCUT2D eigenvalue weighted by molar-refractivity contribution is 7.92. The Hall–Kier alpha value is -3.30. The number of halogens is 9. The summed E-state index contributed by atoms with van der Waals surface area (Å²) in [5, 5.41) is 9.09. The zero-order valence-electron chi connectivity index (χ0n) is 22.0. The Morgan fingerprint density at radius 3 is 1.81 bits per heavy atom. The first kappa shape index (κ1) is 32.6. The van der Waals surface area contributed by atoms with Crippen LogP contribution in [-0.4, -0.2) is 61.4 Å². The smallest absolute Gasteiger partial charge is 0.435 e. The van der Waals surface area contributed by atoms with Gasteiger partial charge < -0.3 is 10.0 Å². The van der Waals surface area contributed by atoms with Gasteiger partial charge in [-0.1, -0.05) is 24.3 Å². The molecule has 1 aliphatic heterocycles. The van der Waals surface area contributed by atoms with Gasteiger partial charge in [-0.2, -0.15) is 26.3 Å². The molecule has 2 aromatic rings. The van der Waals surface area contributed by atoms with Crippen LogP contribution in [0.2, 0.25) is 0 Å². The maximum Gasteiger partial charge on any atom is 0.435 e. The minimum atomic E-state index is -6.40. The summed E-state index contributed by atoms with van der Waals surface area (Å²) in [5.41, 5.74) is -10.5. The molecule has 2 aliphatic rings. The van der Waals surface area contributed by atoms with Gasteiger partial charge in [0.2, 0.25) is 11.6 Å². The standard InChI is InChI=1S/C27H24F9NO5S/c28-19-5-7-20(8-6-19)43(41,42)24(17-1-3-18(4-2-17)25(30,26(31,32)33)27(34,35)36)13-14-37(15-24)21(38)16-9-11-23(29,12-10-16)22(39)40/h1-8,16H,9-15H2,(H,39,40)/t16?,23?,24-/m0/s1. The molecule has 1 heterocycles. The number of sulfone groups is 1. The van der Waals surface area contributed by atoms with E-state index >= 15 is 0 Å². The molecule has 0 radical (unpaired) electrons. The van der Waals surface area contributed by atoms with Gasteiger partial charge in [-0.25, -0.2) is 26.4 Å². The summed E-state index contributed by atoms with van der Waals surface area (Å²) < 4.78 is 148. The van der Waals surface area contributed by atoms with E-state index in [1.807, 2.05) is 0 Å². The van der Waals surface area contributed by atoms with Gasteiger partial charge in [-0.15, -0.1) is 0 Å². The number of amides is 1. The van der Waals surface area contributed by atoms with E-state index in [1.54, 1.807) is 0 Å². The molecular weight excluding hydrogens is 621 g/mol. The van der Waals surface area contributed by atoms with Crippen molar-refractivity contribution in [1.82, 2.24) is 4.90 Å². The summed E-state index contributed by atoms with van der Waals surface area (Å²) in [6.45, 7) is -0.893. The van der Waals surface area contributed by atoms with Crippen LogP contribution in [0.3, 0.4) is 0 Å². The lowest BCUT2D eigenvalue weighted by molar-refractivity contribution is -0.348. The summed E-state index contributed by atoms with van der Waals surface area (Å²) in [7, 11) is -4.64. The average molecular weight is 646 g/mol. The molecule has 43 heavy (non-hydrogen) atoms. The van der Waals surface area contributed by atoms with Crippen molar-refractivity contribution in [2.45, 2.75) is 65.4 Å². The van der Waals surface area contributed by atoms with Crippen LogP contribution in [0.1, 0.15) is 43.2 Å². The van der Waals surface area contributed by atoms with Gasteiger partial charge in [0.05, 0.1) is 4.90 Å². The number of alkyl halides is 8. The van der Waals surface area contributed by atoms with Gasteiger partial charge in [0.1, 0.15) is 10.6 Å². The van der Waals surface area contributed by atoms with Gasteiger partial charge in [-0.3, -0.25) is 4.79 Å². The largest absolute Gasteiger partial charge is 0.479 e. The highest BCUT2D eigenvalue weighted by Crippen LogP contribution is 2.54. The molecule has 0 aromatic heterocycles. The monoisotopic (exact) mass is 645 g/mol. The number of aliphatic carboxylic acids is 1. The van der Waals surface area contributed by atoms with Crippen molar-refractivity contribution in [2.24, 2.45) is 5.92 Å². The fourth-order valence-electron chi connectivity index (χ4n) is 5.71. The zero-order valence-corrected chi connectivity index (χ0v) is 22.8. The van der Waals surface area contributed by atoms with Gasteiger partial charge in [0.25, 0.3) is 0 Å². The van der Waals surface area contributed by atoms with E-state index in [0.717, 1.165) is 29.2 Å². The van der Waals surface area contributed by atoms with Crippen LogP contribution in [-0.2, 0) is 29.8 Å². The van der Waals surface area contributed by atoms with Gasteiger partial charge in [-0.05, 0) is 61.9 Å². The number of hydrogen-bond acceptors (Lipinski definition) is 4. The first-order valence-corrected chi connectivity index (χ1v) is 14.3. The SMILES string of the molecule is O=C(C1CCC(F)(C(=O)O)CC1)N1CC[C@](c2ccc(C(F)(C(F)(F)F)C(F)(F)F)cc2)(S(=O)(=O)c2ccc(F)cc2)C1. The highest BCUT2D eigenvalue weighted by atomic mass is 32.2. The molecule has 2 fully saturated rings. The molecule has 0 bridgehead atoms. The Kier molecular flexibility index (Phi) is 8.11. The fourth-order valence-corrected chi connectivity index (χ4v) is 7.78. The third kappa shape index (κ3) is 5.35. The Morgan fingerprint density at radius 2 is 1.35 bits per heavy atom. The molecule has 236 valence electrons. The van der Waals surface area contributed by atoms with Crippen LogP contribution < -0.4 is 0 Å². The van der Waals surface area contributed by atoms with Crippen LogP contribution in [0, 0.1) is 11.7 Å². The van der Waals surface area contributed by atoms with Crippen LogP contribution in [0.5, 0.6) is 0 Å². The van der Waals surface area contributed by atoms with E-state index < -0.39 is 98.2 Å². The van der Waals surface area contributed by atoms with Crippen LogP contribution >= 0.6 is 0 Å². The summed E-state index contributed by atoms with van der Waals surface area (Å²) in [4.78, 5) is 25.2. The van der Waals surface area contributed by atoms with Crippen LogP contribution in [0.25, 0.3) is 0 Å². The molecular formula is C27H24F9NO5S. The first-order valence-electron chi connectivity index (χ1n) is 12.8. The number of nitrogens with zero attached hydrogens (tertiary/aromatic N) is 1. The average Bonchev–Trinajstić information content (AvgIpc) is 3.39. The Bertz CT molecular complexity index is 1470. The van der Waals surface area contributed by atoms with Crippen molar-refractivity contribution in [1.29, 1.82) is 0 Å². The molecule has 1 amide bonds. The summed E-state index contributed by atoms with van der Waals surface area (Å²) >= 11 is 0. The van der Waals surface area contributed by atoms with E-state index in [4.69, 9.17) is 5.11 Å².